The number of nitrogens with zero attached hydrogens (tertiary/aromatic N) is 2. The number of quaternary nitrogens is 1. The van der Waals surface area contributed by atoms with Gasteiger partial charge in [-0.2, -0.15) is 0 Å². The number of likely N-dealkylation sites (tertiary alicyclic amines) is 2. The molecular weight excluding hydrogens is 330 g/mol. The average Bonchev–Trinajstić information content (AvgIpc) is 2.63. The summed E-state index contributed by atoms with van der Waals surface area (Å²) in [5, 5.41) is 0. The molecule has 1 unspecified atom stereocenters. The molecule has 4 heterocycles. The van der Waals surface area contributed by atoms with Gasteiger partial charge >= 0.3 is 0 Å². The normalized spacial score (nSPS) is 28.2. The number of aromatic nitrogens is 1. The van der Waals surface area contributed by atoms with E-state index in [0.29, 0.717) is 37.8 Å². The molecule has 0 saturated carbocycles. The first-order valence-corrected chi connectivity index (χ1v) is 9.60. The van der Waals surface area contributed by atoms with Crippen LogP contribution in [0.3, 0.4) is 0 Å². The van der Waals surface area contributed by atoms with E-state index in [4.69, 9.17) is 0 Å². The van der Waals surface area contributed by atoms with Crippen molar-refractivity contribution in [2.45, 2.75) is 31.7 Å². The molecule has 0 radical (unpaired) electrons. The van der Waals surface area contributed by atoms with Crippen molar-refractivity contribution in [1.82, 2.24) is 9.47 Å². The molecule has 2 bridgehead atoms. The van der Waals surface area contributed by atoms with E-state index >= 15 is 0 Å². The highest BCUT2D eigenvalue weighted by Gasteiger charge is 2.36. The van der Waals surface area contributed by atoms with Crippen molar-refractivity contribution in [1.29, 1.82) is 0 Å². The molecule has 6 heteroatoms. The minimum Gasteiger partial charge on any atom is -0.338 e. The van der Waals surface area contributed by atoms with Crippen LogP contribution in [0.25, 0.3) is 0 Å². The number of ketones is 1. The Kier molecular flexibility index (Phi) is 4.76. The molecule has 6 nitrogen and oxygen atoms in total. The van der Waals surface area contributed by atoms with Crippen LogP contribution in [0.15, 0.2) is 35.1 Å². The van der Waals surface area contributed by atoms with Crippen LogP contribution in [-0.2, 0) is 16.1 Å². The lowest BCUT2D eigenvalue weighted by atomic mass is 9.83. The molecule has 0 spiro atoms. The molecule has 1 aromatic heterocycles. The number of nitrogens with one attached hydrogen (secondary N) is 1. The van der Waals surface area contributed by atoms with E-state index < -0.39 is 0 Å². The van der Waals surface area contributed by atoms with Gasteiger partial charge in [-0.15, -0.1) is 0 Å². The SMILES string of the molecule is O=C1CCN(C(=O)/C=C/C[NH+]2C[C@@H]3C[C@H](C2)c2cccc(=O)n2C3)CC1. The number of amides is 1. The third-order valence-electron chi connectivity index (χ3n) is 5.97. The van der Waals surface area contributed by atoms with Crippen LogP contribution in [0, 0.1) is 5.92 Å². The highest BCUT2D eigenvalue weighted by Crippen LogP contribution is 2.29. The summed E-state index contributed by atoms with van der Waals surface area (Å²) in [6, 6.07) is 5.60. The Hall–Kier alpha value is -2.21. The summed E-state index contributed by atoms with van der Waals surface area (Å²) < 4.78 is 1.95. The first kappa shape index (κ1) is 17.2. The van der Waals surface area contributed by atoms with Gasteiger partial charge in [-0.05, 0) is 18.6 Å². The first-order valence-electron chi connectivity index (χ1n) is 9.60. The van der Waals surface area contributed by atoms with Crippen molar-refractivity contribution in [2.24, 2.45) is 5.92 Å². The zero-order chi connectivity index (χ0) is 18.1. The molecule has 3 atom stereocenters. The highest BCUT2D eigenvalue weighted by molar-refractivity contribution is 5.89. The number of pyridine rings is 1. The van der Waals surface area contributed by atoms with E-state index in [-0.39, 0.29) is 17.2 Å². The minimum absolute atomic E-state index is 0.0194. The van der Waals surface area contributed by atoms with Crippen molar-refractivity contribution in [2.75, 3.05) is 32.7 Å². The number of hydrogen-bond acceptors (Lipinski definition) is 3. The fourth-order valence-corrected chi connectivity index (χ4v) is 4.69. The Morgan fingerprint density at radius 2 is 2.00 bits per heavy atom. The fraction of sp³-hybridized carbons (Fsp3) is 0.550. The lowest BCUT2D eigenvalue weighted by Gasteiger charge is -2.40. The third-order valence-corrected chi connectivity index (χ3v) is 5.97. The molecule has 0 aliphatic carbocycles. The second kappa shape index (κ2) is 7.19. The Labute approximate surface area is 153 Å². The summed E-state index contributed by atoms with van der Waals surface area (Å²) in [5.41, 5.74) is 1.29. The average molecular weight is 356 g/mol. The molecule has 1 amide bonds. The first-order chi connectivity index (χ1) is 12.6. The van der Waals surface area contributed by atoms with Crippen molar-refractivity contribution in [3.05, 3.63) is 46.4 Å². The van der Waals surface area contributed by atoms with Gasteiger partial charge in [-0.1, -0.05) is 6.07 Å². The van der Waals surface area contributed by atoms with Crippen LogP contribution in [0.5, 0.6) is 0 Å². The molecule has 0 aromatic carbocycles. The van der Waals surface area contributed by atoms with E-state index in [1.165, 1.54) is 10.6 Å². The van der Waals surface area contributed by atoms with E-state index in [1.807, 2.05) is 16.7 Å². The molecule has 1 N–H and O–H groups in total. The molecule has 4 rings (SSSR count). The lowest BCUT2D eigenvalue weighted by molar-refractivity contribution is -0.905. The predicted octanol–water partition coefficient (Wildman–Crippen LogP) is -0.402. The molecule has 2 fully saturated rings. The largest absolute Gasteiger partial charge is 0.338 e. The number of piperidine rings is 2. The Morgan fingerprint density at radius 1 is 1.19 bits per heavy atom. The number of fused-ring (bicyclic) bond motifs is 4. The maximum atomic E-state index is 12.2. The summed E-state index contributed by atoms with van der Waals surface area (Å²) in [6.07, 6.45) is 5.79. The van der Waals surface area contributed by atoms with Crippen molar-refractivity contribution >= 4 is 11.7 Å². The zero-order valence-electron chi connectivity index (χ0n) is 15.0. The Balaban J connectivity index is 1.35. The molecule has 26 heavy (non-hydrogen) atoms. The number of carbonyl (C=O) groups is 2. The Bertz CT molecular complexity index is 788. The Morgan fingerprint density at radius 3 is 2.81 bits per heavy atom. The van der Waals surface area contributed by atoms with Gasteiger partial charge < -0.3 is 14.4 Å². The van der Waals surface area contributed by atoms with Crippen molar-refractivity contribution in [3.63, 3.8) is 0 Å². The summed E-state index contributed by atoms with van der Waals surface area (Å²) in [5.74, 6) is 1.24. The monoisotopic (exact) mass is 356 g/mol. The second-order valence-electron chi connectivity index (χ2n) is 7.83. The molecule has 3 aliphatic heterocycles. The number of Topliss-reactive ketones (excluding diaryl/α,β-unsaturated/α-hetero) is 1. The second-order valence-corrected chi connectivity index (χ2v) is 7.83. The van der Waals surface area contributed by atoms with Crippen LogP contribution in [0.4, 0.5) is 0 Å². The zero-order valence-corrected chi connectivity index (χ0v) is 15.0. The number of hydrogen-bond donors (Lipinski definition) is 1. The van der Waals surface area contributed by atoms with Gasteiger partial charge in [0.25, 0.3) is 5.56 Å². The summed E-state index contributed by atoms with van der Waals surface area (Å²) in [4.78, 5) is 38.8. The van der Waals surface area contributed by atoms with E-state index in [0.717, 1.165) is 32.6 Å². The van der Waals surface area contributed by atoms with Gasteiger partial charge in [-0.25, -0.2) is 0 Å². The standard InChI is InChI=1S/C20H25N3O3/c24-17-6-9-22(10-7-17)19(25)5-2-8-21-12-15-11-16(14-21)18-3-1-4-20(26)23(18)13-15/h1-5,15-16H,6-14H2/p+1/b5-2+/t15-,16+/m0/s1. The quantitative estimate of drug-likeness (QED) is 0.750. The molecule has 1 aromatic rings. The minimum atomic E-state index is 0.0194. The fourth-order valence-electron chi connectivity index (χ4n) is 4.69. The van der Waals surface area contributed by atoms with Crippen LogP contribution in [-0.4, -0.2) is 53.9 Å². The maximum absolute atomic E-state index is 12.2. The molecule has 138 valence electrons. The highest BCUT2D eigenvalue weighted by atomic mass is 16.2. The summed E-state index contributed by atoms with van der Waals surface area (Å²) in [7, 11) is 0. The van der Waals surface area contributed by atoms with Crippen molar-refractivity contribution in [3.8, 4) is 0 Å². The van der Waals surface area contributed by atoms with Crippen LogP contribution >= 0.6 is 0 Å². The topological polar surface area (TPSA) is 63.8 Å². The maximum Gasteiger partial charge on any atom is 0.250 e. The van der Waals surface area contributed by atoms with E-state index in [2.05, 4.69) is 6.07 Å². The van der Waals surface area contributed by atoms with Crippen LogP contribution in [0.2, 0.25) is 0 Å². The van der Waals surface area contributed by atoms with E-state index in [1.54, 1.807) is 17.0 Å². The van der Waals surface area contributed by atoms with Gasteiger partial charge in [-0.3, -0.25) is 14.4 Å². The molecule has 2 saturated heterocycles. The molecule has 3 aliphatic rings. The lowest BCUT2D eigenvalue weighted by Crippen LogP contribution is -3.14. The van der Waals surface area contributed by atoms with Crippen LogP contribution < -0.4 is 10.5 Å². The summed E-state index contributed by atoms with van der Waals surface area (Å²) in [6.45, 7) is 4.81. The van der Waals surface area contributed by atoms with Gasteiger partial charge in [0, 0.05) is 62.1 Å². The molecular formula is C20H26N3O3+. The van der Waals surface area contributed by atoms with E-state index in [9.17, 15) is 14.4 Å². The predicted molar refractivity (Wildman–Crippen MR) is 97.1 cm³/mol. The van der Waals surface area contributed by atoms with Gasteiger partial charge in [0.05, 0.1) is 19.6 Å². The number of carbonyl (C=O) groups excluding carboxylic acids is 2. The number of rotatable bonds is 3. The van der Waals surface area contributed by atoms with Crippen molar-refractivity contribution < 1.29 is 14.5 Å². The smallest absolute Gasteiger partial charge is 0.250 e. The summed E-state index contributed by atoms with van der Waals surface area (Å²) >= 11 is 0. The van der Waals surface area contributed by atoms with Crippen LogP contribution in [0.1, 0.15) is 30.9 Å². The van der Waals surface area contributed by atoms with Gasteiger partial charge in [0.1, 0.15) is 5.78 Å². The van der Waals surface area contributed by atoms with Gasteiger partial charge in [0.15, 0.2) is 0 Å². The third kappa shape index (κ3) is 3.51. The van der Waals surface area contributed by atoms with Gasteiger partial charge in [0.2, 0.25) is 5.91 Å².